The first kappa shape index (κ1) is 10.2. The summed E-state index contributed by atoms with van der Waals surface area (Å²) in [6.07, 6.45) is 0.948. The second-order valence-corrected chi connectivity index (χ2v) is 4.31. The molecule has 0 aromatic heterocycles. The topological polar surface area (TPSA) is 26.0 Å². The van der Waals surface area contributed by atoms with E-state index in [0.29, 0.717) is 0 Å². The van der Waals surface area contributed by atoms with E-state index >= 15 is 0 Å². The number of hydrogen-bond acceptors (Lipinski definition) is 1. The van der Waals surface area contributed by atoms with Crippen LogP contribution in [-0.2, 0) is 6.42 Å². The molecule has 15 heavy (non-hydrogen) atoms. The van der Waals surface area contributed by atoms with Crippen molar-refractivity contribution in [1.29, 1.82) is 0 Å². The molecule has 1 unspecified atom stereocenters. The van der Waals surface area contributed by atoms with E-state index in [0.717, 1.165) is 6.42 Å². The molecule has 78 valence electrons. The number of nitrogens with two attached hydrogens (primary N) is 1. The first-order valence-electron chi connectivity index (χ1n) is 5.40. The monoisotopic (exact) mass is 199 g/mol. The molecule has 2 aromatic carbocycles. The van der Waals surface area contributed by atoms with Crippen molar-refractivity contribution >= 4 is 10.8 Å². The molecule has 2 aromatic rings. The summed E-state index contributed by atoms with van der Waals surface area (Å²) in [6.45, 7) is 4.19. The molecule has 0 radical (unpaired) electrons. The highest BCUT2D eigenvalue weighted by atomic mass is 14.6. The van der Waals surface area contributed by atoms with E-state index in [1.54, 1.807) is 0 Å². The molecule has 0 fully saturated rings. The van der Waals surface area contributed by atoms with E-state index in [-0.39, 0.29) is 6.04 Å². The molecule has 0 aliphatic heterocycles. The Hall–Kier alpha value is -1.34. The maximum absolute atomic E-state index is 5.80. The molecule has 2 rings (SSSR count). The molecule has 0 heterocycles. The fourth-order valence-electron chi connectivity index (χ4n) is 1.99. The zero-order valence-corrected chi connectivity index (χ0v) is 9.33. The number of hydrogen-bond donors (Lipinski definition) is 1. The van der Waals surface area contributed by atoms with Gasteiger partial charge in [0.15, 0.2) is 0 Å². The van der Waals surface area contributed by atoms with E-state index < -0.39 is 0 Å². The average Bonchev–Trinajstić information content (AvgIpc) is 2.17. The van der Waals surface area contributed by atoms with Gasteiger partial charge in [-0.2, -0.15) is 0 Å². The fourth-order valence-corrected chi connectivity index (χ4v) is 1.99. The van der Waals surface area contributed by atoms with Gasteiger partial charge in [0.05, 0.1) is 0 Å². The van der Waals surface area contributed by atoms with Crippen LogP contribution < -0.4 is 5.73 Å². The molecule has 1 heteroatoms. The molecule has 0 aliphatic rings. The predicted molar refractivity (Wildman–Crippen MR) is 66.0 cm³/mol. The molecule has 0 aliphatic carbocycles. The maximum Gasteiger partial charge on any atom is 0.00509 e. The SMILES string of the molecule is Cc1cccc2cc(CC(C)N)ccc12. The van der Waals surface area contributed by atoms with E-state index in [9.17, 15) is 0 Å². The Kier molecular flexibility index (Phi) is 2.74. The Morgan fingerprint density at radius 1 is 1.20 bits per heavy atom. The Balaban J connectivity index is 2.48. The lowest BCUT2D eigenvalue weighted by Crippen LogP contribution is -2.17. The molecular formula is C14H17N. The van der Waals surface area contributed by atoms with Gasteiger partial charge in [-0.15, -0.1) is 0 Å². The smallest absolute Gasteiger partial charge is 0.00509 e. The van der Waals surface area contributed by atoms with Crippen LogP contribution in [0.4, 0.5) is 0 Å². The van der Waals surface area contributed by atoms with Crippen LogP contribution in [0.25, 0.3) is 10.8 Å². The molecule has 0 saturated heterocycles. The lowest BCUT2D eigenvalue weighted by molar-refractivity contribution is 0.739. The first-order chi connectivity index (χ1) is 7.16. The summed E-state index contributed by atoms with van der Waals surface area (Å²) < 4.78 is 0. The van der Waals surface area contributed by atoms with Crippen molar-refractivity contribution < 1.29 is 0 Å². The summed E-state index contributed by atoms with van der Waals surface area (Å²) in [4.78, 5) is 0. The van der Waals surface area contributed by atoms with Crippen LogP contribution in [0.5, 0.6) is 0 Å². The van der Waals surface area contributed by atoms with E-state index in [1.807, 2.05) is 6.92 Å². The van der Waals surface area contributed by atoms with Gasteiger partial charge in [-0.25, -0.2) is 0 Å². The maximum atomic E-state index is 5.80. The van der Waals surface area contributed by atoms with Crippen molar-refractivity contribution in [1.82, 2.24) is 0 Å². The highest BCUT2D eigenvalue weighted by molar-refractivity contribution is 5.86. The zero-order valence-electron chi connectivity index (χ0n) is 9.33. The van der Waals surface area contributed by atoms with Gasteiger partial charge >= 0.3 is 0 Å². The minimum Gasteiger partial charge on any atom is -0.328 e. The van der Waals surface area contributed by atoms with Gasteiger partial charge in [0.25, 0.3) is 0 Å². The van der Waals surface area contributed by atoms with Crippen molar-refractivity contribution in [3.63, 3.8) is 0 Å². The van der Waals surface area contributed by atoms with Crippen LogP contribution in [0.1, 0.15) is 18.1 Å². The Bertz CT molecular complexity index is 472. The number of aryl methyl sites for hydroxylation is 1. The van der Waals surface area contributed by atoms with Gasteiger partial charge in [0.2, 0.25) is 0 Å². The van der Waals surface area contributed by atoms with Crippen LogP contribution in [0.3, 0.4) is 0 Å². The van der Waals surface area contributed by atoms with Gasteiger partial charge in [0.1, 0.15) is 0 Å². The summed E-state index contributed by atoms with van der Waals surface area (Å²) in [5.41, 5.74) is 8.45. The first-order valence-corrected chi connectivity index (χ1v) is 5.40. The van der Waals surface area contributed by atoms with Gasteiger partial charge < -0.3 is 5.73 Å². The van der Waals surface area contributed by atoms with Crippen molar-refractivity contribution in [2.24, 2.45) is 5.73 Å². The van der Waals surface area contributed by atoms with Crippen molar-refractivity contribution in [3.8, 4) is 0 Å². The highest BCUT2D eigenvalue weighted by Gasteiger charge is 2.00. The number of benzene rings is 2. The van der Waals surface area contributed by atoms with Crippen LogP contribution in [0.15, 0.2) is 36.4 Å². The second kappa shape index (κ2) is 4.03. The van der Waals surface area contributed by atoms with Crippen molar-refractivity contribution in [3.05, 3.63) is 47.5 Å². The lowest BCUT2D eigenvalue weighted by Gasteiger charge is -2.07. The van der Waals surface area contributed by atoms with E-state index in [1.165, 1.54) is 21.9 Å². The quantitative estimate of drug-likeness (QED) is 0.790. The number of rotatable bonds is 2. The molecule has 1 nitrogen and oxygen atoms in total. The average molecular weight is 199 g/mol. The summed E-state index contributed by atoms with van der Waals surface area (Å²) in [6, 6.07) is 13.3. The van der Waals surface area contributed by atoms with Crippen LogP contribution in [-0.4, -0.2) is 6.04 Å². The van der Waals surface area contributed by atoms with Crippen molar-refractivity contribution in [2.75, 3.05) is 0 Å². The van der Waals surface area contributed by atoms with Crippen LogP contribution >= 0.6 is 0 Å². The lowest BCUT2D eigenvalue weighted by atomic mass is 10.0. The zero-order chi connectivity index (χ0) is 10.8. The van der Waals surface area contributed by atoms with Crippen molar-refractivity contribution in [2.45, 2.75) is 26.3 Å². The van der Waals surface area contributed by atoms with Crippen LogP contribution in [0, 0.1) is 6.92 Å². The standard InChI is InChI=1S/C14H17N/c1-10-4-3-5-13-9-12(8-11(2)15)6-7-14(10)13/h3-7,9,11H,8,15H2,1-2H3. The third-order valence-electron chi connectivity index (χ3n) is 2.72. The second-order valence-electron chi connectivity index (χ2n) is 4.31. The third kappa shape index (κ3) is 2.18. The summed E-state index contributed by atoms with van der Waals surface area (Å²) in [7, 11) is 0. The van der Waals surface area contributed by atoms with E-state index in [2.05, 4.69) is 43.3 Å². The van der Waals surface area contributed by atoms with Gasteiger partial charge in [0, 0.05) is 6.04 Å². The molecule has 0 bridgehead atoms. The third-order valence-corrected chi connectivity index (χ3v) is 2.72. The molecule has 0 spiro atoms. The Labute approximate surface area is 90.9 Å². The summed E-state index contributed by atoms with van der Waals surface area (Å²) >= 11 is 0. The van der Waals surface area contributed by atoms with Crippen LogP contribution in [0.2, 0.25) is 0 Å². The molecular weight excluding hydrogens is 182 g/mol. The molecule has 1 atom stereocenters. The minimum atomic E-state index is 0.229. The van der Waals surface area contributed by atoms with Gasteiger partial charge in [-0.05, 0) is 42.2 Å². The summed E-state index contributed by atoms with van der Waals surface area (Å²) in [5, 5.41) is 2.65. The predicted octanol–water partition coefficient (Wildman–Crippen LogP) is 3.04. The largest absolute Gasteiger partial charge is 0.328 e. The summed E-state index contributed by atoms with van der Waals surface area (Å²) in [5.74, 6) is 0. The highest BCUT2D eigenvalue weighted by Crippen LogP contribution is 2.20. The number of fused-ring (bicyclic) bond motifs is 1. The molecule has 0 amide bonds. The minimum absolute atomic E-state index is 0.229. The van der Waals surface area contributed by atoms with Gasteiger partial charge in [-0.1, -0.05) is 36.4 Å². The Morgan fingerprint density at radius 2 is 2.00 bits per heavy atom. The molecule has 2 N–H and O–H groups in total. The van der Waals surface area contributed by atoms with E-state index in [4.69, 9.17) is 5.73 Å². The fraction of sp³-hybridized carbons (Fsp3) is 0.286. The normalized spacial score (nSPS) is 13.0. The van der Waals surface area contributed by atoms with Gasteiger partial charge in [-0.3, -0.25) is 0 Å². The Morgan fingerprint density at radius 3 is 2.73 bits per heavy atom. The molecule has 0 saturated carbocycles.